The van der Waals surface area contributed by atoms with Crippen molar-refractivity contribution in [1.29, 1.82) is 0 Å². The van der Waals surface area contributed by atoms with Gasteiger partial charge in [-0.2, -0.15) is 0 Å². The zero-order valence-corrected chi connectivity index (χ0v) is 12.4. The summed E-state index contributed by atoms with van der Waals surface area (Å²) in [5, 5.41) is 18.2. The summed E-state index contributed by atoms with van der Waals surface area (Å²) in [5.41, 5.74) is 1.06. The molecular weight excluding hydrogens is 271 g/mol. The van der Waals surface area contributed by atoms with E-state index in [-0.39, 0.29) is 0 Å². The minimum Gasteiger partial charge on any atom is -0.494 e. The maximum Gasteiger partial charge on any atom is 0.499 e. The van der Waals surface area contributed by atoms with Gasteiger partial charge in [0.05, 0.1) is 6.61 Å². The Kier molecular flexibility index (Phi) is 5.65. The molecule has 20 heavy (non-hydrogen) atoms. The zero-order chi connectivity index (χ0) is 14.4. The number of unbranched alkanes of at least 4 members (excludes halogenated alkanes) is 2. The third kappa shape index (κ3) is 4.10. The standard InChI is InChI=1S/C15H19BO3S/c1-2-3-4-11-19-13-7-5-12(6-8-13)14-9-10-15(20-14)16(17)18/h5-10,17-18H,2-4,11H2,1H3. The van der Waals surface area contributed by atoms with Crippen LogP contribution >= 0.6 is 11.3 Å². The third-order valence-corrected chi connectivity index (χ3v) is 4.21. The summed E-state index contributed by atoms with van der Waals surface area (Å²) in [5.74, 6) is 0.879. The second kappa shape index (κ2) is 7.48. The van der Waals surface area contributed by atoms with E-state index in [4.69, 9.17) is 14.8 Å². The van der Waals surface area contributed by atoms with Gasteiger partial charge < -0.3 is 14.8 Å². The highest BCUT2D eigenvalue weighted by molar-refractivity contribution is 7.24. The van der Waals surface area contributed by atoms with Crippen molar-refractivity contribution in [2.45, 2.75) is 26.2 Å². The molecule has 0 bridgehead atoms. The van der Waals surface area contributed by atoms with Crippen LogP contribution in [-0.2, 0) is 0 Å². The lowest BCUT2D eigenvalue weighted by atomic mass is 9.90. The van der Waals surface area contributed by atoms with Crippen molar-refractivity contribution in [3.63, 3.8) is 0 Å². The van der Waals surface area contributed by atoms with Crippen LogP contribution in [0.5, 0.6) is 5.75 Å². The fraction of sp³-hybridized carbons (Fsp3) is 0.333. The van der Waals surface area contributed by atoms with Crippen molar-refractivity contribution in [3.8, 4) is 16.2 Å². The van der Waals surface area contributed by atoms with Gasteiger partial charge in [0.25, 0.3) is 0 Å². The van der Waals surface area contributed by atoms with Crippen molar-refractivity contribution < 1.29 is 14.8 Å². The minimum absolute atomic E-state index is 0.555. The third-order valence-electron chi connectivity index (χ3n) is 3.04. The fourth-order valence-electron chi connectivity index (χ4n) is 1.90. The summed E-state index contributed by atoms with van der Waals surface area (Å²) in [7, 11) is -1.39. The largest absolute Gasteiger partial charge is 0.499 e. The highest BCUT2D eigenvalue weighted by Gasteiger charge is 2.14. The molecule has 0 saturated carbocycles. The Hall–Kier alpha value is -1.30. The Labute approximate surface area is 124 Å². The molecule has 0 aliphatic carbocycles. The van der Waals surface area contributed by atoms with E-state index in [2.05, 4.69) is 6.92 Å². The molecule has 5 heteroatoms. The fourth-order valence-corrected chi connectivity index (χ4v) is 2.79. The Morgan fingerprint density at radius 2 is 1.80 bits per heavy atom. The van der Waals surface area contributed by atoms with Crippen LogP contribution in [0, 0.1) is 0 Å². The van der Waals surface area contributed by atoms with Gasteiger partial charge in [0.1, 0.15) is 5.75 Å². The molecule has 0 spiro atoms. The van der Waals surface area contributed by atoms with Crippen molar-refractivity contribution >= 4 is 23.2 Å². The van der Waals surface area contributed by atoms with Gasteiger partial charge >= 0.3 is 7.12 Å². The van der Waals surface area contributed by atoms with E-state index >= 15 is 0 Å². The topological polar surface area (TPSA) is 49.7 Å². The molecule has 3 nitrogen and oxygen atoms in total. The number of hydrogen-bond acceptors (Lipinski definition) is 4. The van der Waals surface area contributed by atoms with Gasteiger partial charge in [0.2, 0.25) is 0 Å². The summed E-state index contributed by atoms with van der Waals surface area (Å²) >= 11 is 1.38. The molecule has 2 aromatic rings. The first-order valence-electron chi connectivity index (χ1n) is 6.90. The van der Waals surface area contributed by atoms with Crippen molar-refractivity contribution in [2.24, 2.45) is 0 Å². The van der Waals surface area contributed by atoms with Crippen LogP contribution in [-0.4, -0.2) is 23.8 Å². The quantitative estimate of drug-likeness (QED) is 0.609. The van der Waals surface area contributed by atoms with Crippen LogP contribution in [0.4, 0.5) is 0 Å². The molecular formula is C15H19BO3S. The van der Waals surface area contributed by atoms with E-state index in [0.717, 1.165) is 29.2 Å². The average molecular weight is 290 g/mol. The molecule has 1 aromatic carbocycles. The highest BCUT2D eigenvalue weighted by atomic mass is 32.1. The summed E-state index contributed by atoms with van der Waals surface area (Å²) in [6, 6.07) is 11.5. The van der Waals surface area contributed by atoms with Gasteiger partial charge in [0.15, 0.2) is 0 Å². The monoisotopic (exact) mass is 290 g/mol. The van der Waals surface area contributed by atoms with Crippen LogP contribution in [0.1, 0.15) is 26.2 Å². The molecule has 106 valence electrons. The number of ether oxygens (including phenoxy) is 1. The molecule has 2 rings (SSSR count). The summed E-state index contributed by atoms with van der Waals surface area (Å²) < 4.78 is 6.22. The second-order valence-electron chi connectivity index (χ2n) is 4.66. The molecule has 0 unspecified atom stereocenters. The number of thiophene rings is 1. The number of benzene rings is 1. The predicted molar refractivity (Wildman–Crippen MR) is 84.6 cm³/mol. The maximum absolute atomic E-state index is 9.11. The lowest BCUT2D eigenvalue weighted by Crippen LogP contribution is -2.26. The van der Waals surface area contributed by atoms with Gasteiger partial charge in [-0.1, -0.05) is 25.8 Å². The Morgan fingerprint density at radius 3 is 2.40 bits per heavy atom. The summed E-state index contributed by atoms with van der Waals surface area (Å²) in [4.78, 5) is 1.02. The Morgan fingerprint density at radius 1 is 1.05 bits per heavy atom. The Bertz CT molecular complexity index is 522. The van der Waals surface area contributed by atoms with Crippen LogP contribution in [0.2, 0.25) is 0 Å². The van der Waals surface area contributed by atoms with E-state index in [9.17, 15) is 0 Å². The smallest absolute Gasteiger partial charge is 0.494 e. The molecule has 0 radical (unpaired) electrons. The molecule has 0 atom stereocenters. The highest BCUT2D eigenvalue weighted by Crippen LogP contribution is 2.25. The van der Waals surface area contributed by atoms with E-state index in [1.54, 1.807) is 6.07 Å². The Balaban J connectivity index is 1.96. The zero-order valence-electron chi connectivity index (χ0n) is 11.6. The lowest BCUT2D eigenvalue weighted by Gasteiger charge is -2.06. The van der Waals surface area contributed by atoms with Crippen LogP contribution in [0.25, 0.3) is 10.4 Å². The lowest BCUT2D eigenvalue weighted by molar-refractivity contribution is 0.306. The molecule has 0 amide bonds. The van der Waals surface area contributed by atoms with E-state index in [1.807, 2.05) is 30.3 Å². The molecule has 1 aromatic heterocycles. The van der Waals surface area contributed by atoms with Crippen LogP contribution in [0.15, 0.2) is 36.4 Å². The molecule has 0 aliphatic rings. The number of rotatable bonds is 7. The predicted octanol–water partition coefficient (Wildman–Crippen LogP) is 2.66. The molecule has 0 aliphatic heterocycles. The van der Waals surface area contributed by atoms with Crippen molar-refractivity contribution in [2.75, 3.05) is 6.61 Å². The van der Waals surface area contributed by atoms with Crippen molar-refractivity contribution in [3.05, 3.63) is 36.4 Å². The first-order chi connectivity index (χ1) is 9.70. The molecule has 1 heterocycles. The van der Waals surface area contributed by atoms with Gasteiger partial charge in [-0.15, -0.1) is 11.3 Å². The first-order valence-corrected chi connectivity index (χ1v) is 7.71. The van der Waals surface area contributed by atoms with Gasteiger partial charge in [-0.25, -0.2) is 0 Å². The molecule has 0 fully saturated rings. The second-order valence-corrected chi connectivity index (χ2v) is 5.77. The SMILES string of the molecule is CCCCCOc1ccc(-c2ccc(B(O)O)s2)cc1. The first kappa shape index (κ1) is 15.1. The molecule has 0 saturated heterocycles. The van der Waals surface area contributed by atoms with Gasteiger partial charge in [-0.3, -0.25) is 0 Å². The van der Waals surface area contributed by atoms with E-state index in [0.29, 0.717) is 4.78 Å². The average Bonchev–Trinajstić information content (AvgIpc) is 2.94. The summed E-state index contributed by atoms with van der Waals surface area (Å²) in [6.45, 7) is 2.93. The van der Waals surface area contributed by atoms with Crippen LogP contribution in [0.3, 0.4) is 0 Å². The van der Waals surface area contributed by atoms with Crippen LogP contribution < -0.4 is 9.51 Å². The summed E-state index contributed by atoms with van der Waals surface area (Å²) in [6.07, 6.45) is 3.47. The van der Waals surface area contributed by atoms with Gasteiger partial charge in [-0.05, 0) is 42.3 Å². The molecule has 2 N–H and O–H groups in total. The van der Waals surface area contributed by atoms with Gasteiger partial charge in [0, 0.05) is 9.65 Å². The number of hydrogen-bond donors (Lipinski definition) is 2. The normalized spacial score (nSPS) is 10.6. The van der Waals surface area contributed by atoms with E-state index in [1.165, 1.54) is 24.2 Å². The maximum atomic E-state index is 9.11. The van der Waals surface area contributed by atoms with E-state index < -0.39 is 7.12 Å². The van der Waals surface area contributed by atoms with Crippen molar-refractivity contribution in [1.82, 2.24) is 0 Å². The minimum atomic E-state index is -1.39.